The molecule has 1 atom stereocenters. The van der Waals surface area contributed by atoms with Gasteiger partial charge < -0.3 is 15.4 Å². The first-order valence-electron chi connectivity index (χ1n) is 8.66. The van der Waals surface area contributed by atoms with Gasteiger partial charge in [0.2, 0.25) is 0 Å². The zero-order valence-corrected chi connectivity index (χ0v) is 16.4. The lowest BCUT2D eigenvalue weighted by molar-refractivity contribution is 0.0177. The second-order valence-electron chi connectivity index (χ2n) is 5.98. The molecule has 0 spiro atoms. The zero-order valence-electron chi connectivity index (χ0n) is 14.8. The van der Waals surface area contributed by atoms with Gasteiger partial charge in [-0.25, -0.2) is 4.98 Å². The maximum Gasteiger partial charge on any atom is 0.191 e. The fourth-order valence-electron chi connectivity index (χ4n) is 2.89. The van der Waals surface area contributed by atoms with E-state index < -0.39 is 0 Å². The first-order chi connectivity index (χ1) is 12.8. The first-order valence-corrected chi connectivity index (χ1v) is 9.92. The topological polar surface area (TPSA) is 61.8 Å². The van der Waals surface area contributed by atoms with E-state index in [1.807, 2.05) is 6.07 Å². The lowest BCUT2D eigenvalue weighted by Crippen LogP contribution is -2.46. The number of aliphatic imine (C=N–C) groups is 1. The number of nitrogens with zero attached hydrogens (tertiary/aromatic N) is 3. The predicted molar refractivity (Wildman–Crippen MR) is 107 cm³/mol. The number of thiophene rings is 1. The standard InChI is InChI=1S/C18H24ClN5OS/c1-20-18(22-12-14-4-5-17(19)21-11-14)23-13-15(16-3-2-10-26-16)24-6-8-25-9-7-24/h2-5,10-11,15H,6-9,12-13H2,1H3,(H2,20,22,23). The Morgan fingerprint density at radius 3 is 2.85 bits per heavy atom. The van der Waals surface area contributed by atoms with E-state index in [2.05, 4.69) is 43.0 Å². The molecule has 1 aliphatic rings. The fraction of sp³-hybridized carbons (Fsp3) is 0.444. The van der Waals surface area contributed by atoms with Gasteiger partial charge in [-0.05, 0) is 23.1 Å². The number of hydrogen-bond acceptors (Lipinski definition) is 5. The molecule has 0 bridgehead atoms. The Balaban J connectivity index is 1.56. The number of pyridine rings is 1. The molecule has 2 aromatic rings. The summed E-state index contributed by atoms with van der Waals surface area (Å²) in [5.74, 6) is 0.773. The van der Waals surface area contributed by atoms with Crippen LogP contribution in [0.15, 0.2) is 40.8 Å². The summed E-state index contributed by atoms with van der Waals surface area (Å²) in [6.45, 7) is 4.92. The van der Waals surface area contributed by atoms with Crippen LogP contribution in [-0.4, -0.2) is 55.7 Å². The van der Waals surface area contributed by atoms with E-state index in [1.54, 1.807) is 30.6 Å². The molecule has 1 fully saturated rings. The molecule has 8 heteroatoms. The summed E-state index contributed by atoms with van der Waals surface area (Å²) in [5, 5.41) is 9.41. The van der Waals surface area contributed by atoms with E-state index in [-0.39, 0.29) is 0 Å². The molecule has 3 rings (SSSR count). The molecule has 0 aliphatic carbocycles. The van der Waals surface area contributed by atoms with E-state index in [0.717, 1.165) is 44.4 Å². The quantitative estimate of drug-likeness (QED) is 0.448. The third-order valence-corrected chi connectivity index (χ3v) is 5.49. The van der Waals surface area contributed by atoms with E-state index in [9.17, 15) is 0 Å². The molecule has 1 saturated heterocycles. The first kappa shape index (κ1) is 19.1. The third kappa shape index (κ3) is 5.41. The van der Waals surface area contributed by atoms with Crippen LogP contribution in [-0.2, 0) is 11.3 Å². The highest BCUT2D eigenvalue weighted by molar-refractivity contribution is 7.10. The number of rotatable bonds is 6. The molecular formula is C18H24ClN5OS. The third-order valence-electron chi connectivity index (χ3n) is 4.29. The van der Waals surface area contributed by atoms with Crippen LogP contribution in [0.1, 0.15) is 16.5 Å². The second kappa shape index (κ2) is 9.87. The van der Waals surface area contributed by atoms with E-state index in [4.69, 9.17) is 16.3 Å². The maximum atomic E-state index is 5.83. The molecule has 2 aromatic heterocycles. The number of morpholine rings is 1. The summed E-state index contributed by atoms with van der Waals surface area (Å²) in [4.78, 5) is 12.3. The fourth-order valence-corrected chi connectivity index (χ4v) is 3.86. The Bertz CT molecular complexity index is 686. The molecule has 0 saturated carbocycles. The number of hydrogen-bond donors (Lipinski definition) is 2. The van der Waals surface area contributed by atoms with Gasteiger partial charge in [0.1, 0.15) is 5.15 Å². The summed E-state index contributed by atoms with van der Waals surface area (Å²) in [6, 6.07) is 8.36. The summed E-state index contributed by atoms with van der Waals surface area (Å²) in [7, 11) is 1.78. The van der Waals surface area contributed by atoms with Crippen molar-refractivity contribution in [2.45, 2.75) is 12.6 Å². The summed E-state index contributed by atoms with van der Waals surface area (Å²) >= 11 is 7.62. The van der Waals surface area contributed by atoms with Crippen LogP contribution in [0.5, 0.6) is 0 Å². The SMILES string of the molecule is CN=C(NCc1ccc(Cl)nc1)NCC(c1cccs1)N1CCOCC1. The zero-order chi connectivity index (χ0) is 18.2. The van der Waals surface area contributed by atoms with Gasteiger partial charge in [0.15, 0.2) is 5.96 Å². The predicted octanol–water partition coefficient (Wildman–Crippen LogP) is 2.54. The molecule has 1 aliphatic heterocycles. The van der Waals surface area contributed by atoms with Crippen molar-refractivity contribution in [2.75, 3.05) is 39.9 Å². The largest absolute Gasteiger partial charge is 0.379 e. The Labute approximate surface area is 163 Å². The van der Waals surface area contributed by atoms with Crippen LogP contribution in [0.3, 0.4) is 0 Å². The number of guanidine groups is 1. The number of aromatic nitrogens is 1. The van der Waals surface area contributed by atoms with Gasteiger partial charge in [0, 0.05) is 44.3 Å². The van der Waals surface area contributed by atoms with Crippen LogP contribution in [0, 0.1) is 0 Å². The van der Waals surface area contributed by atoms with Gasteiger partial charge in [0.25, 0.3) is 0 Å². The highest BCUT2D eigenvalue weighted by Crippen LogP contribution is 2.25. The van der Waals surface area contributed by atoms with Crippen molar-refractivity contribution in [3.63, 3.8) is 0 Å². The minimum absolute atomic E-state index is 0.314. The van der Waals surface area contributed by atoms with E-state index >= 15 is 0 Å². The minimum Gasteiger partial charge on any atom is -0.379 e. The average Bonchev–Trinajstić information content (AvgIpc) is 3.21. The molecule has 6 nitrogen and oxygen atoms in total. The van der Waals surface area contributed by atoms with Crippen LogP contribution in [0.2, 0.25) is 5.15 Å². The van der Waals surface area contributed by atoms with Gasteiger partial charge >= 0.3 is 0 Å². The van der Waals surface area contributed by atoms with Crippen molar-refractivity contribution in [1.29, 1.82) is 0 Å². The molecule has 0 radical (unpaired) electrons. The summed E-state index contributed by atoms with van der Waals surface area (Å²) in [6.07, 6.45) is 1.77. The van der Waals surface area contributed by atoms with Gasteiger partial charge in [-0.1, -0.05) is 23.7 Å². The van der Waals surface area contributed by atoms with Gasteiger partial charge in [-0.3, -0.25) is 9.89 Å². The number of nitrogens with one attached hydrogen (secondary N) is 2. The smallest absolute Gasteiger partial charge is 0.191 e. The lowest BCUT2D eigenvalue weighted by atomic mass is 10.2. The van der Waals surface area contributed by atoms with Crippen LogP contribution in [0.25, 0.3) is 0 Å². The minimum atomic E-state index is 0.314. The summed E-state index contributed by atoms with van der Waals surface area (Å²) < 4.78 is 5.50. The van der Waals surface area contributed by atoms with Gasteiger partial charge in [-0.15, -0.1) is 11.3 Å². The van der Waals surface area contributed by atoms with E-state index in [0.29, 0.717) is 17.7 Å². The molecule has 140 valence electrons. The molecule has 1 unspecified atom stereocenters. The molecular weight excluding hydrogens is 370 g/mol. The highest BCUT2D eigenvalue weighted by Gasteiger charge is 2.23. The van der Waals surface area contributed by atoms with E-state index in [1.165, 1.54) is 4.88 Å². The lowest BCUT2D eigenvalue weighted by Gasteiger charge is -2.34. The Hall–Kier alpha value is -1.67. The normalized spacial score (nSPS) is 17.1. The van der Waals surface area contributed by atoms with Crippen molar-refractivity contribution in [2.24, 2.45) is 4.99 Å². The Morgan fingerprint density at radius 2 is 2.19 bits per heavy atom. The van der Waals surface area contributed by atoms with Crippen molar-refractivity contribution in [1.82, 2.24) is 20.5 Å². The molecule has 0 amide bonds. The van der Waals surface area contributed by atoms with Gasteiger partial charge in [0.05, 0.1) is 19.3 Å². The van der Waals surface area contributed by atoms with Gasteiger partial charge in [-0.2, -0.15) is 0 Å². The Kier molecular flexibility index (Phi) is 7.25. The maximum absolute atomic E-state index is 5.83. The molecule has 0 aromatic carbocycles. The van der Waals surface area contributed by atoms with Crippen LogP contribution < -0.4 is 10.6 Å². The Morgan fingerprint density at radius 1 is 1.35 bits per heavy atom. The number of ether oxygens (including phenoxy) is 1. The summed E-state index contributed by atoms with van der Waals surface area (Å²) in [5.41, 5.74) is 1.06. The average molecular weight is 394 g/mol. The van der Waals surface area contributed by atoms with Crippen LogP contribution >= 0.6 is 22.9 Å². The molecule has 3 heterocycles. The second-order valence-corrected chi connectivity index (χ2v) is 7.34. The molecule has 2 N–H and O–H groups in total. The monoisotopic (exact) mass is 393 g/mol. The van der Waals surface area contributed by atoms with Crippen molar-refractivity contribution < 1.29 is 4.74 Å². The molecule has 26 heavy (non-hydrogen) atoms. The van der Waals surface area contributed by atoms with Crippen molar-refractivity contribution in [3.05, 3.63) is 51.4 Å². The van der Waals surface area contributed by atoms with Crippen molar-refractivity contribution in [3.8, 4) is 0 Å². The highest BCUT2D eigenvalue weighted by atomic mass is 35.5. The van der Waals surface area contributed by atoms with Crippen molar-refractivity contribution >= 4 is 28.9 Å². The number of halogens is 1. The van der Waals surface area contributed by atoms with Crippen LogP contribution in [0.4, 0.5) is 0 Å².